The summed E-state index contributed by atoms with van der Waals surface area (Å²) in [5.41, 5.74) is 1.45. The number of aromatic amines is 1. The van der Waals surface area contributed by atoms with E-state index >= 15 is 0 Å². The first kappa shape index (κ1) is 7.85. The summed E-state index contributed by atoms with van der Waals surface area (Å²) in [5, 5.41) is 5.95. The molecule has 2 rings (SSSR count). The lowest BCUT2D eigenvalue weighted by atomic mass is 10.3. The third kappa shape index (κ3) is 1.28. The molecule has 0 bridgehead atoms. The van der Waals surface area contributed by atoms with Crippen LogP contribution in [0.25, 0.3) is 11.0 Å². The molecule has 0 aliphatic carbocycles. The van der Waals surface area contributed by atoms with E-state index in [0.29, 0.717) is 11.0 Å². The summed E-state index contributed by atoms with van der Waals surface area (Å²) < 4.78 is 0. The molecule has 0 aliphatic rings. The van der Waals surface area contributed by atoms with Gasteiger partial charge in [-0.15, -0.1) is 0 Å². The van der Waals surface area contributed by atoms with Gasteiger partial charge in [-0.3, -0.25) is 4.79 Å². The normalized spacial score (nSPS) is 10.5. The van der Waals surface area contributed by atoms with Gasteiger partial charge in [-0.25, -0.2) is 15.1 Å². The lowest BCUT2D eigenvalue weighted by Gasteiger charge is -1.96. The van der Waals surface area contributed by atoms with Gasteiger partial charge in [0.25, 0.3) is 5.56 Å². The fourth-order valence-corrected chi connectivity index (χ4v) is 1.08. The van der Waals surface area contributed by atoms with Gasteiger partial charge in [-0.05, 0) is 6.42 Å². The Morgan fingerprint density at radius 2 is 2.31 bits per heavy atom. The summed E-state index contributed by atoms with van der Waals surface area (Å²) in [4.78, 5) is 19.4. The molecule has 0 saturated heterocycles. The first-order chi connectivity index (χ1) is 6.31. The van der Waals surface area contributed by atoms with Crippen molar-refractivity contribution in [1.82, 2.24) is 20.2 Å². The summed E-state index contributed by atoms with van der Waals surface area (Å²) in [7, 11) is 0. The fourth-order valence-electron chi connectivity index (χ4n) is 1.08. The molecule has 0 fully saturated rings. The van der Waals surface area contributed by atoms with Crippen LogP contribution in [0.5, 0.6) is 0 Å². The molecule has 0 aromatic carbocycles. The van der Waals surface area contributed by atoms with Crippen LogP contribution in [0.3, 0.4) is 0 Å². The van der Waals surface area contributed by atoms with Gasteiger partial charge >= 0.3 is 0 Å². The topological polar surface area (TPSA) is 71.5 Å². The predicted octanol–water partition coefficient (Wildman–Crippen LogP) is 0.275. The van der Waals surface area contributed by atoms with Crippen LogP contribution in [-0.2, 0) is 6.42 Å². The van der Waals surface area contributed by atoms with Crippen molar-refractivity contribution in [2.45, 2.75) is 13.3 Å². The Morgan fingerprint density at radius 3 is 3.08 bits per heavy atom. The zero-order valence-corrected chi connectivity index (χ0v) is 7.11. The zero-order valence-electron chi connectivity index (χ0n) is 7.11. The van der Waals surface area contributed by atoms with Crippen LogP contribution in [0, 0.1) is 0 Å². The Bertz CT molecular complexity index is 491. The maximum atomic E-state index is 11.2. The number of nitrogens with zero attached hydrogens (tertiary/aromatic N) is 3. The number of hydrogen-bond acceptors (Lipinski definition) is 4. The van der Waals surface area contributed by atoms with Gasteiger partial charge in [0.05, 0.1) is 11.9 Å². The summed E-state index contributed by atoms with van der Waals surface area (Å²) in [6.07, 6.45) is 3.91. The average molecular weight is 176 g/mol. The molecule has 2 aromatic rings. The standard InChI is InChI=1S/C8H8N4O/c1-2-5-3-9-7-6(11-5)4-10-12-8(7)13/h3-4H,2H2,1H3,(H,12,13). The summed E-state index contributed by atoms with van der Waals surface area (Å²) in [5.74, 6) is 0. The van der Waals surface area contributed by atoms with E-state index in [4.69, 9.17) is 0 Å². The van der Waals surface area contributed by atoms with Crippen LogP contribution < -0.4 is 5.56 Å². The smallest absolute Gasteiger partial charge is 0.265 e. The molecule has 1 N–H and O–H groups in total. The van der Waals surface area contributed by atoms with E-state index < -0.39 is 0 Å². The number of aromatic nitrogens is 4. The van der Waals surface area contributed by atoms with Crippen molar-refractivity contribution in [3.8, 4) is 0 Å². The summed E-state index contributed by atoms with van der Waals surface area (Å²) >= 11 is 0. The fraction of sp³-hybridized carbons (Fsp3) is 0.250. The van der Waals surface area contributed by atoms with E-state index in [1.54, 1.807) is 6.20 Å². The van der Waals surface area contributed by atoms with Crippen molar-refractivity contribution in [2.24, 2.45) is 0 Å². The minimum Gasteiger partial charge on any atom is -0.265 e. The largest absolute Gasteiger partial charge is 0.292 e. The first-order valence-corrected chi connectivity index (χ1v) is 4.00. The van der Waals surface area contributed by atoms with Crippen molar-refractivity contribution >= 4 is 11.0 Å². The highest BCUT2D eigenvalue weighted by Gasteiger charge is 2.01. The monoisotopic (exact) mass is 176 g/mol. The van der Waals surface area contributed by atoms with E-state index in [-0.39, 0.29) is 5.56 Å². The van der Waals surface area contributed by atoms with Crippen LogP contribution in [-0.4, -0.2) is 20.2 Å². The molecule has 2 heterocycles. The minimum absolute atomic E-state index is 0.298. The van der Waals surface area contributed by atoms with Crippen molar-refractivity contribution in [1.29, 1.82) is 0 Å². The van der Waals surface area contributed by atoms with Gasteiger partial charge in [0.2, 0.25) is 0 Å². The van der Waals surface area contributed by atoms with Crippen molar-refractivity contribution < 1.29 is 0 Å². The second kappa shape index (κ2) is 2.93. The van der Waals surface area contributed by atoms with Crippen molar-refractivity contribution in [3.63, 3.8) is 0 Å². The number of aryl methyl sites for hydroxylation is 1. The molecule has 5 heteroatoms. The maximum Gasteiger partial charge on any atom is 0.292 e. The van der Waals surface area contributed by atoms with Crippen LogP contribution in [0.4, 0.5) is 0 Å². The average Bonchev–Trinajstić information content (AvgIpc) is 2.18. The molecule has 0 aliphatic heterocycles. The third-order valence-electron chi connectivity index (χ3n) is 1.78. The molecule has 0 saturated carbocycles. The molecular formula is C8H8N4O. The summed E-state index contributed by atoms with van der Waals surface area (Å²) in [6, 6.07) is 0. The highest BCUT2D eigenvalue weighted by atomic mass is 16.1. The van der Waals surface area contributed by atoms with Crippen LogP contribution >= 0.6 is 0 Å². The molecule has 0 spiro atoms. The van der Waals surface area contributed by atoms with Gasteiger partial charge < -0.3 is 0 Å². The van der Waals surface area contributed by atoms with Crippen LogP contribution in [0.1, 0.15) is 12.6 Å². The van der Waals surface area contributed by atoms with Gasteiger partial charge in [-0.2, -0.15) is 5.10 Å². The van der Waals surface area contributed by atoms with Crippen LogP contribution in [0.2, 0.25) is 0 Å². The highest BCUT2D eigenvalue weighted by molar-refractivity contribution is 5.71. The molecule has 66 valence electrons. The van der Waals surface area contributed by atoms with Gasteiger partial charge in [0.15, 0.2) is 5.52 Å². The number of fused-ring (bicyclic) bond motifs is 1. The first-order valence-electron chi connectivity index (χ1n) is 4.00. The Kier molecular flexibility index (Phi) is 1.77. The lowest BCUT2D eigenvalue weighted by Crippen LogP contribution is -2.10. The maximum absolute atomic E-state index is 11.2. The van der Waals surface area contributed by atoms with E-state index in [1.807, 2.05) is 6.92 Å². The Balaban J connectivity index is 2.80. The Hall–Kier alpha value is -1.78. The molecule has 2 aromatic heterocycles. The van der Waals surface area contributed by atoms with Gasteiger partial charge in [0, 0.05) is 6.20 Å². The second-order valence-corrected chi connectivity index (χ2v) is 2.65. The SMILES string of the molecule is CCc1cnc2c(=O)[nH]ncc2n1. The third-order valence-corrected chi connectivity index (χ3v) is 1.78. The molecule has 0 atom stereocenters. The number of nitrogens with one attached hydrogen (secondary N) is 1. The number of hydrogen-bond donors (Lipinski definition) is 1. The van der Waals surface area contributed by atoms with Gasteiger partial charge in [0.1, 0.15) is 5.52 Å². The molecule has 5 nitrogen and oxygen atoms in total. The van der Waals surface area contributed by atoms with E-state index in [1.165, 1.54) is 6.20 Å². The minimum atomic E-state index is -0.298. The molecule has 13 heavy (non-hydrogen) atoms. The summed E-state index contributed by atoms with van der Waals surface area (Å²) in [6.45, 7) is 1.98. The number of rotatable bonds is 1. The Labute approximate surface area is 73.9 Å². The lowest BCUT2D eigenvalue weighted by molar-refractivity contribution is 0.973. The molecule has 0 radical (unpaired) electrons. The van der Waals surface area contributed by atoms with E-state index in [9.17, 15) is 4.79 Å². The van der Waals surface area contributed by atoms with Crippen molar-refractivity contribution in [2.75, 3.05) is 0 Å². The predicted molar refractivity (Wildman–Crippen MR) is 47.3 cm³/mol. The van der Waals surface area contributed by atoms with Crippen LogP contribution in [0.15, 0.2) is 17.2 Å². The van der Waals surface area contributed by atoms with E-state index in [0.717, 1.165) is 12.1 Å². The van der Waals surface area contributed by atoms with E-state index in [2.05, 4.69) is 20.2 Å². The highest BCUT2D eigenvalue weighted by Crippen LogP contribution is 2.02. The molecule has 0 unspecified atom stereocenters. The van der Waals surface area contributed by atoms with Crippen molar-refractivity contribution in [3.05, 3.63) is 28.4 Å². The van der Waals surface area contributed by atoms with Gasteiger partial charge in [-0.1, -0.05) is 6.92 Å². The number of H-pyrrole nitrogens is 1. The quantitative estimate of drug-likeness (QED) is 0.677. The Morgan fingerprint density at radius 1 is 1.46 bits per heavy atom. The molecular weight excluding hydrogens is 168 g/mol. The molecule has 0 amide bonds. The zero-order chi connectivity index (χ0) is 9.26. The second-order valence-electron chi connectivity index (χ2n) is 2.65.